The van der Waals surface area contributed by atoms with Crippen molar-refractivity contribution in [1.29, 1.82) is 0 Å². The first kappa shape index (κ1) is 13.5. The molecule has 17 heavy (non-hydrogen) atoms. The van der Waals surface area contributed by atoms with Crippen LogP contribution in [0.15, 0.2) is 18.2 Å². The van der Waals surface area contributed by atoms with Gasteiger partial charge in [0.25, 0.3) is 0 Å². The highest BCUT2D eigenvalue weighted by atomic mass is 16.5. The van der Waals surface area contributed by atoms with Gasteiger partial charge in [-0.25, -0.2) is 0 Å². The minimum atomic E-state index is -0.124. The maximum absolute atomic E-state index is 11.4. The lowest BCUT2D eigenvalue weighted by molar-refractivity contribution is -0.115. The Morgan fingerprint density at radius 1 is 1.47 bits per heavy atom. The van der Waals surface area contributed by atoms with E-state index in [1.807, 2.05) is 6.92 Å². The SMILES string of the molecule is CCOc1ccc(NC(=O)CNC)cc1CO. The van der Waals surface area contributed by atoms with Crippen LogP contribution in [-0.2, 0) is 11.4 Å². The molecule has 94 valence electrons. The lowest BCUT2D eigenvalue weighted by Crippen LogP contribution is -2.25. The van der Waals surface area contributed by atoms with Crippen LogP contribution in [0.4, 0.5) is 5.69 Å². The Kier molecular flexibility index (Phi) is 5.45. The first-order chi connectivity index (χ1) is 8.21. The highest BCUT2D eigenvalue weighted by molar-refractivity contribution is 5.92. The molecule has 0 aromatic heterocycles. The van der Waals surface area contributed by atoms with Gasteiger partial charge in [-0.15, -0.1) is 0 Å². The lowest BCUT2D eigenvalue weighted by Gasteiger charge is -2.11. The van der Waals surface area contributed by atoms with Crippen molar-refractivity contribution < 1.29 is 14.6 Å². The Morgan fingerprint density at radius 2 is 2.24 bits per heavy atom. The molecule has 0 aliphatic carbocycles. The molecule has 3 N–H and O–H groups in total. The fraction of sp³-hybridized carbons (Fsp3) is 0.417. The molecular weight excluding hydrogens is 220 g/mol. The van der Waals surface area contributed by atoms with Crippen molar-refractivity contribution in [2.75, 3.05) is 25.5 Å². The van der Waals surface area contributed by atoms with E-state index in [9.17, 15) is 9.90 Å². The van der Waals surface area contributed by atoms with Crippen molar-refractivity contribution in [1.82, 2.24) is 5.32 Å². The van der Waals surface area contributed by atoms with Crippen LogP contribution < -0.4 is 15.4 Å². The second kappa shape index (κ2) is 6.88. The van der Waals surface area contributed by atoms with E-state index < -0.39 is 0 Å². The van der Waals surface area contributed by atoms with Crippen LogP contribution in [0.5, 0.6) is 5.75 Å². The summed E-state index contributed by atoms with van der Waals surface area (Å²) in [5.74, 6) is 0.516. The van der Waals surface area contributed by atoms with E-state index in [0.717, 1.165) is 0 Å². The highest BCUT2D eigenvalue weighted by Gasteiger charge is 2.06. The molecule has 0 aliphatic heterocycles. The largest absolute Gasteiger partial charge is 0.494 e. The van der Waals surface area contributed by atoms with Gasteiger partial charge in [0.1, 0.15) is 5.75 Å². The fourth-order valence-electron chi connectivity index (χ4n) is 1.44. The summed E-state index contributed by atoms with van der Waals surface area (Å²) in [6.45, 7) is 2.55. The molecular formula is C12H18N2O3. The average molecular weight is 238 g/mol. The number of benzene rings is 1. The standard InChI is InChI=1S/C12H18N2O3/c1-3-17-11-5-4-10(6-9(11)8-15)14-12(16)7-13-2/h4-6,13,15H,3,7-8H2,1-2H3,(H,14,16). The van der Waals surface area contributed by atoms with Gasteiger partial charge in [-0.1, -0.05) is 0 Å². The number of likely N-dealkylation sites (N-methyl/N-ethyl adjacent to an activating group) is 1. The van der Waals surface area contributed by atoms with Crippen LogP contribution in [-0.4, -0.2) is 31.2 Å². The molecule has 0 saturated carbocycles. The molecule has 0 spiro atoms. The molecule has 0 atom stereocenters. The van der Waals surface area contributed by atoms with E-state index in [-0.39, 0.29) is 19.1 Å². The number of hydrogen-bond donors (Lipinski definition) is 3. The van der Waals surface area contributed by atoms with Gasteiger partial charge in [0.15, 0.2) is 0 Å². The molecule has 0 bridgehead atoms. The molecule has 5 heteroatoms. The summed E-state index contributed by atoms with van der Waals surface area (Å²) < 4.78 is 5.35. The van der Waals surface area contributed by atoms with Crippen molar-refractivity contribution in [2.45, 2.75) is 13.5 Å². The van der Waals surface area contributed by atoms with Crippen LogP contribution in [0.3, 0.4) is 0 Å². The Morgan fingerprint density at radius 3 is 2.82 bits per heavy atom. The Labute approximate surface area is 101 Å². The molecule has 5 nitrogen and oxygen atoms in total. The monoisotopic (exact) mass is 238 g/mol. The molecule has 0 unspecified atom stereocenters. The van der Waals surface area contributed by atoms with Gasteiger partial charge in [0.2, 0.25) is 5.91 Å². The van der Waals surface area contributed by atoms with Crippen LogP contribution in [0.2, 0.25) is 0 Å². The molecule has 0 heterocycles. The molecule has 1 aromatic carbocycles. The minimum Gasteiger partial charge on any atom is -0.494 e. The zero-order valence-electron chi connectivity index (χ0n) is 10.1. The summed E-state index contributed by atoms with van der Waals surface area (Å²) in [6.07, 6.45) is 0. The maximum atomic E-state index is 11.4. The number of ether oxygens (including phenoxy) is 1. The van der Waals surface area contributed by atoms with Crippen molar-refractivity contribution >= 4 is 11.6 Å². The van der Waals surface area contributed by atoms with Gasteiger partial charge >= 0.3 is 0 Å². The lowest BCUT2D eigenvalue weighted by atomic mass is 10.2. The van der Waals surface area contributed by atoms with E-state index >= 15 is 0 Å². The average Bonchev–Trinajstić information content (AvgIpc) is 2.31. The van der Waals surface area contributed by atoms with E-state index in [1.54, 1.807) is 25.2 Å². The molecule has 1 amide bonds. The Bertz CT molecular complexity index is 380. The summed E-state index contributed by atoms with van der Waals surface area (Å²) in [4.78, 5) is 11.4. The number of carbonyl (C=O) groups excluding carboxylic acids is 1. The van der Waals surface area contributed by atoms with Gasteiger partial charge in [0, 0.05) is 11.3 Å². The van der Waals surface area contributed by atoms with Gasteiger partial charge in [0.05, 0.1) is 19.8 Å². The summed E-state index contributed by atoms with van der Waals surface area (Å²) in [5, 5.41) is 14.7. The zero-order chi connectivity index (χ0) is 12.7. The first-order valence-electron chi connectivity index (χ1n) is 5.52. The normalized spacial score (nSPS) is 10.1. The number of aliphatic hydroxyl groups excluding tert-OH is 1. The third-order valence-corrected chi connectivity index (χ3v) is 2.15. The Hall–Kier alpha value is -1.59. The van der Waals surface area contributed by atoms with Gasteiger partial charge in [-0.3, -0.25) is 4.79 Å². The van der Waals surface area contributed by atoms with Gasteiger partial charge in [-0.2, -0.15) is 0 Å². The molecule has 1 aromatic rings. The predicted octanol–water partition coefficient (Wildman–Crippen LogP) is 0.736. The number of rotatable bonds is 6. The maximum Gasteiger partial charge on any atom is 0.238 e. The van der Waals surface area contributed by atoms with E-state index in [1.165, 1.54) is 0 Å². The first-order valence-corrected chi connectivity index (χ1v) is 5.52. The smallest absolute Gasteiger partial charge is 0.238 e. The number of anilines is 1. The van der Waals surface area contributed by atoms with Crippen LogP contribution >= 0.6 is 0 Å². The predicted molar refractivity (Wildman–Crippen MR) is 66.1 cm³/mol. The molecule has 1 rings (SSSR count). The van der Waals surface area contributed by atoms with Crippen LogP contribution in [0.1, 0.15) is 12.5 Å². The van der Waals surface area contributed by atoms with Gasteiger partial charge < -0.3 is 20.5 Å². The van der Waals surface area contributed by atoms with Gasteiger partial charge in [-0.05, 0) is 32.2 Å². The molecule has 0 radical (unpaired) electrons. The second-order valence-corrected chi connectivity index (χ2v) is 3.49. The minimum absolute atomic E-state index is 0.120. The summed E-state index contributed by atoms with van der Waals surface area (Å²) in [5.41, 5.74) is 1.31. The molecule has 0 fully saturated rings. The third kappa shape index (κ3) is 4.05. The number of nitrogens with one attached hydrogen (secondary N) is 2. The van der Waals surface area contributed by atoms with Crippen molar-refractivity contribution in [3.05, 3.63) is 23.8 Å². The van der Waals surface area contributed by atoms with E-state index in [0.29, 0.717) is 23.6 Å². The number of aliphatic hydroxyl groups is 1. The number of hydrogen-bond acceptors (Lipinski definition) is 4. The summed E-state index contributed by atoms with van der Waals surface area (Å²) in [7, 11) is 1.71. The fourth-order valence-corrected chi connectivity index (χ4v) is 1.44. The van der Waals surface area contributed by atoms with Crippen LogP contribution in [0.25, 0.3) is 0 Å². The van der Waals surface area contributed by atoms with E-state index in [4.69, 9.17) is 4.74 Å². The topological polar surface area (TPSA) is 70.6 Å². The van der Waals surface area contributed by atoms with E-state index in [2.05, 4.69) is 10.6 Å². The van der Waals surface area contributed by atoms with Crippen molar-refractivity contribution in [3.63, 3.8) is 0 Å². The molecule has 0 aliphatic rings. The quantitative estimate of drug-likeness (QED) is 0.683. The van der Waals surface area contributed by atoms with Crippen molar-refractivity contribution in [2.24, 2.45) is 0 Å². The third-order valence-electron chi connectivity index (χ3n) is 2.15. The van der Waals surface area contributed by atoms with Crippen molar-refractivity contribution in [3.8, 4) is 5.75 Å². The number of amides is 1. The van der Waals surface area contributed by atoms with Crippen LogP contribution in [0, 0.1) is 0 Å². The second-order valence-electron chi connectivity index (χ2n) is 3.49. The summed E-state index contributed by atoms with van der Waals surface area (Å²) in [6, 6.07) is 5.19. The zero-order valence-corrected chi connectivity index (χ0v) is 10.1. The molecule has 0 saturated heterocycles. The Balaban J connectivity index is 2.78. The summed E-state index contributed by atoms with van der Waals surface area (Å²) >= 11 is 0. The number of carbonyl (C=O) groups is 1. The highest BCUT2D eigenvalue weighted by Crippen LogP contribution is 2.22.